The number of nitrogens with zero attached hydrogens (tertiary/aromatic N) is 2. The number of anilines is 1. The quantitative estimate of drug-likeness (QED) is 0.800. The van der Waals surface area contributed by atoms with E-state index < -0.39 is 0 Å². The SMILES string of the molecule is CNc1nc(-c2cccc(Cl)c2)nc(C2CC2)c1I. The minimum absolute atomic E-state index is 0.597. The third kappa shape index (κ3) is 2.69. The molecule has 3 nitrogen and oxygen atoms in total. The van der Waals surface area contributed by atoms with E-state index in [0.29, 0.717) is 10.9 Å². The van der Waals surface area contributed by atoms with E-state index in [1.165, 1.54) is 12.8 Å². The van der Waals surface area contributed by atoms with E-state index in [-0.39, 0.29) is 0 Å². The van der Waals surface area contributed by atoms with E-state index in [1.54, 1.807) is 0 Å². The largest absolute Gasteiger partial charge is 0.372 e. The molecule has 1 aromatic carbocycles. The van der Waals surface area contributed by atoms with Gasteiger partial charge in [-0.3, -0.25) is 0 Å². The van der Waals surface area contributed by atoms with Gasteiger partial charge in [-0.2, -0.15) is 0 Å². The molecule has 0 radical (unpaired) electrons. The Hall–Kier alpha value is -0.880. The fraction of sp³-hybridized carbons (Fsp3) is 0.286. The number of halogens is 2. The van der Waals surface area contributed by atoms with Crippen LogP contribution in [0.4, 0.5) is 5.82 Å². The zero-order valence-corrected chi connectivity index (χ0v) is 13.4. The Balaban J connectivity index is 2.13. The Morgan fingerprint density at radius 3 is 2.74 bits per heavy atom. The van der Waals surface area contributed by atoms with Crippen LogP contribution in [0.25, 0.3) is 11.4 Å². The molecule has 98 valence electrons. The summed E-state index contributed by atoms with van der Waals surface area (Å²) in [5.74, 6) is 2.24. The molecule has 0 spiro atoms. The number of hydrogen-bond acceptors (Lipinski definition) is 3. The van der Waals surface area contributed by atoms with Gasteiger partial charge in [0, 0.05) is 23.6 Å². The minimum Gasteiger partial charge on any atom is -0.372 e. The zero-order chi connectivity index (χ0) is 13.4. The van der Waals surface area contributed by atoms with E-state index >= 15 is 0 Å². The first-order valence-electron chi connectivity index (χ1n) is 6.20. The Morgan fingerprint density at radius 1 is 1.32 bits per heavy atom. The first-order chi connectivity index (χ1) is 9.19. The van der Waals surface area contributed by atoms with Crippen molar-refractivity contribution in [3.63, 3.8) is 0 Å². The predicted molar refractivity (Wildman–Crippen MR) is 86.7 cm³/mol. The van der Waals surface area contributed by atoms with Gasteiger partial charge >= 0.3 is 0 Å². The molecule has 0 bridgehead atoms. The molecular weight excluding hydrogens is 373 g/mol. The number of rotatable bonds is 3. The smallest absolute Gasteiger partial charge is 0.161 e. The van der Waals surface area contributed by atoms with Crippen LogP contribution in [-0.4, -0.2) is 17.0 Å². The Bertz CT molecular complexity index is 626. The Kier molecular flexibility index (Phi) is 3.62. The molecule has 0 aliphatic heterocycles. The maximum atomic E-state index is 6.04. The number of benzene rings is 1. The minimum atomic E-state index is 0.597. The second-order valence-electron chi connectivity index (χ2n) is 4.63. The van der Waals surface area contributed by atoms with Gasteiger partial charge in [-0.05, 0) is 47.6 Å². The Morgan fingerprint density at radius 2 is 2.11 bits per heavy atom. The maximum absolute atomic E-state index is 6.04. The number of aromatic nitrogens is 2. The van der Waals surface area contributed by atoms with Crippen molar-refractivity contribution < 1.29 is 0 Å². The summed E-state index contributed by atoms with van der Waals surface area (Å²) < 4.78 is 1.13. The highest BCUT2D eigenvalue weighted by Crippen LogP contribution is 2.42. The molecule has 5 heteroatoms. The van der Waals surface area contributed by atoms with Crippen LogP contribution >= 0.6 is 34.2 Å². The summed E-state index contributed by atoms with van der Waals surface area (Å²) in [6.07, 6.45) is 2.45. The van der Waals surface area contributed by atoms with Crippen molar-refractivity contribution in [3.8, 4) is 11.4 Å². The van der Waals surface area contributed by atoms with Gasteiger partial charge in [0.15, 0.2) is 5.82 Å². The Labute approximate surface area is 130 Å². The average molecular weight is 386 g/mol. The molecule has 1 N–H and O–H groups in total. The molecule has 0 saturated heterocycles. The lowest BCUT2D eigenvalue weighted by Crippen LogP contribution is -2.04. The van der Waals surface area contributed by atoms with E-state index in [4.69, 9.17) is 16.6 Å². The third-order valence-electron chi connectivity index (χ3n) is 3.16. The van der Waals surface area contributed by atoms with Crippen LogP contribution in [0.2, 0.25) is 5.02 Å². The highest BCUT2D eigenvalue weighted by molar-refractivity contribution is 14.1. The van der Waals surface area contributed by atoms with Crippen molar-refractivity contribution >= 4 is 40.0 Å². The summed E-state index contributed by atoms with van der Waals surface area (Å²) in [4.78, 5) is 9.32. The molecular formula is C14H13ClIN3. The highest BCUT2D eigenvalue weighted by atomic mass is 127. The van der Waals surface area contributed by atoms with Gasteiger partial charge in [0.2, 0.25) is 0 Å². The molecule has 2 aromatic rings. The second kappa shape index (κ2) is 5.25. The van der Waals surface area contributed by atoms with Crippen molar-refractivity contribution in [2.75, 3.05) is 12.4 Å². The molecule has 1 saturated carbocycles. The first kappa shape index (κ1) is 13.1. The van der Waals surface area contributed by atoms with Gasteiger partial charge in [0.05, 0.1) is 9.26 Å². The fourth-order valence-electron chi connectivity index (χ4n) is 2.01. The van der Waals surface area contributed by atoms with Crippen LogP contribution in [0.5, 0.6) is 0 Å². The summed E-state index contributed by atoms with van der Waals surface area (Å²) in [5, 5.41) is 3.86. The number of hydrogen-bond donors (Lipinski definition) is 1. The predicted octanol–water partition coefficient (Wildman–Crippen LogP) is 4.32. The molecule has 1 heterocycles. The van der Waals surface area contributed by atoms with Crippen molar-refractivity contribution in [1.82, 2.24) is 9.97 Å². The van der Waals surface area contributed by atoms with E-state index in [9.17, 15) is 0 Å². The van der Waals surface area contributed by atoms with Crippen LogP contribution in [0, 0.1) is 3.57 Å². The second-order valence-corrected chi connectivity index (χ2v) is 6.14. The monoisotopic (exact) mass is 385 g/mol. The third-order valence-corrected chi connectivity index (χ3v) is 4.46. The van der Waals surface area contributed by atoms with E-state index in [1.807, 2.05) is 31.3 Å². The molecule has 1 fully saturated rings. The van der Waals surface area contributed by atoms with Crippen molar-refractivity contribution in [3.05, 3.63) is 38.6 Å². The van der Waals surface area contributed by atoms with Crippen LogP contribution in [-0.2, 0) is 0 Å². The van der Waals surface area contributed by atoms with Gasteiger partial charge < -0.3 is 5.32 Å². The summed E-state index contributed by atoms with van der Waals surface area (Å²) in [7, 11) is 1.89. The number of nitrogens with one attached hydrogen (secondary N) is 1. The fourth-order valence-corrected chi connectivity index (χ4v) is 3.16. The van der Waals surface area contributed by atoms with Crippen LogP contribution in [0.15, 0.2) is 24.3 Å². The summed E-state index contributed by atoms with van der Waals surface area (Å²) >= 11 is 8.37. The highest BCUT2D eigenvalue weighted by Gasteiger charge is 2.29. The lowest BCUT2D eigenvalue weighted by Gasteiger charge is -2.11. The standard InChI is InChI=1S/C14H13ClIN3/c1-17-14-11(16)12(8-5-6-8)18-13(19-14)9-3-2-4-10(15)7-9/h2-4,7-8H,5-6H2,1H3,(H,17,18,19). The zero-order valence-electron chi connectivity index (χ0n) is 10.5. The van der Waals surface area contributed by atoms with Crippen LogP contribution in [0.3, 0.4) is 0 Å². The van der Waals surface area contributed by atoms with Crippen LogP contribution < -0.4 is 5.32 Å². The molecule has 0 unspecified atom stereocenters. The molecule has 0 amide bonds. The lowest BCUT2D eigenvalue weighted by atomic mass is 10.2. The van der Waals surface area contributed by atoms with Gasteiger partial charge in [-0.1, -0.05) is 23.7 Å². The van der Waals surface area contributed by atoms with Gasteiger partial charge in [0.25, 0.3) is 0 Å². The molecule has 1 aromatic heterocycles. The maximum Gasteiger partial charge on any atom is 0.161 e. The van der Waals surface area contributed by atoms with Crippen molar-refractivity contribution in [1.29, 1.82) is 0 Å². The molecule has 1 aliphatic carbocycles. The van der Waals surface area contributed by atoms with Crippen molar-refractivity contribution in [2.24, 2.45) is 0 Å². The van der Waals surface area contributed by atoms with Gasteiger partial charge in [0.1, 0.15) is 5.82 Å². The molecule has 0 atom stereocenters. The first-order valence-corrected chi connectivity index (χ1v) is 7.66. The summed E-state index contributed by atoms with van der Waals surface area (Å²) in [6, 6.07) is 7.68. The lowest BCUT2D eigenvalue weighted by molar-refractivity contribution is 0.979. The van der Waals surface area contributed by atoms with E-state index in [0.717, 1.165) is 26.5 Å². The normalized spacial score (nSPS) is 14.5. The topological polar surface area (TPSA) is 37.8 Å². The molecule has 1 aliphatic rings. The summed E-state index contributed by atoms with van der Waals surface area (Å²) in [5.41, 5.74) is 2.12. The van der Waals surface area contributed by atoms with Crippen molar-refractivity contribution in [2.45, 2.75) is 18.8 Å². The van der Waals surface area contributed by atoms with E-state index in [2.05, 4.69) is 32.9 Å². The summed E-state index contributed by atoms with van der Waals surface area (Å²) in [6.45, 7) is 0. The molecule has 19 heavy (non-hydrogen) atoms. The molecule has 3 rings (SSSR count). The average Bonchev–Trinajstić information content (AvgIpc) is 3.23. The van der Waals surface area contributed by atoms with Crippen LogP contribution in [0.1, 0.15) is 24.5 Å². The van der Waals surface area contributed by atoms with Gasteiger partial charge in [-0.25, -0.2) is 9.97 Å². The van der Waals surface area contributed by atoms with Gasteiger partial charge in [-0.15, -0.1) is 0 Å².